The van der Waals surface area contributed by atoms with E-state index in [-0.39, 0.29) is 5.78 Å². The number of thiophene rings is 1. The lowest BCUT2D eigenvalue weighted by Gasteiger charge is -2.33. The van der Waals surface area contributed by atoms with Crippen molar-refractivity contribution in [3.05, 3.63) is 20.3 Å². The lowest BCUT2D eigenvalue weighted by molar-refractivity contribution is 0.0880. The third-order valence-electron chi connectivity index (χ3n) is 3.90. The van der Waals surface area contributed by atoms with Crippen LogP contribution in [0.4, 0.5) is 0 Å². The first kappa shape index (κ1) is 15.3. The van der Waals surface area contributed by atoms with Crippen molar-refractivity contribution in [1.82, 2.24) is 4.90 Å². The van der Waals surface area contributed by atoms with Crippen molar-refractivity contribution in [2.24, 2.45) is 11.8 Å². The topological polar surface area (TPSA) is 20.3 Å². The van der Waals surface area contributed by atoms with Gasteiger partial charge in [-0.15, -0.1) is 11.3 Å². The Kier molecular flexibility index (Phi) is 5.29. The molecule has 0 bridgehead atoms. The van der Waals surface area contributed by atoms with Gasteiger partial charge in [-0.1, -0.05) is 37.0 Å². The Labute approximate surface area is 128 Å². The van der Waals surface area contributed by atoms with Gasteiger partial charge in [0.05, 0.1) is 16.4 Å². The number of halogens is 2. The first-order valence-corrected chi connectivity index (χ1v) is 8.25. The lowest BCUT2D eigenvalue weighted by atomic mass is 9.86. The molecule has 1 aromatic rings. The Balaban J connectivity index is 1.89. The van der Waals surface area contributed by atoms with Gasteiger partial charge in [-0.3, -0.25) is 9.69 Å². The van der Waals surface area contributed by atoms with Crippen LogP contribution in [-0.4, -0.2) is 30.3 Å². The minimum Gasteiger partial charge on any atom is -0.296 e. The Hall–Kier alpha value is -0.0900. The number of hydrogen-bond acceptors (Lipinski definition) is 3. The van der Waals surface area contributed by atoms with E-state index in [2.05, 4.69) is 18.7 Å². The zero-order chi connectivity index (χ0) is 14.0. The number of hydrogen-bond donors (Lipinski definition) is 0. The number of Topliss-reactive ketones (excluding diaryl/α,β-unsaturated/α-hetero) is 1. The Morgan fingerprint density at radius 1 is 1.42 bits per heavy atom. The summed E-state index contributed by atoms with van der Waals surface area (Å²) in [6, 6.07) is 1.68. The summed E-state index contributed by atoms with van der Waals surface area (Å²) in [6.07, 6.45) is 2.37. The molecule has 106 valence electrons. The summed E-state index contributed by atoms with van der Waals surface area (Å²) in [7, 11) is 0. The van der Waals surface area contributed by atoms with Gasteiger partial charge >= 0.3 is 0 Å². The molecule has 2 nitrogen and oxygen atoms in total. The fourth-order valence-corrected chi connectivity index (χ4v) is 4.10. The molecule has 5 heteroatoms. The maximum atomic E-state index is 12.2. The first-order chi connectivity index (χ1) is 8.97. The van der Waals surface area contributed by atoms with E-state index in [1.165, 1.54) is 24.2 Å². The zero-order valence-electron chi connectivity index (χ0n) is 11.3. The van der Waals surface area contributed by atoms with E-state index in [0.717, 1.165) is 24.9 Å². The molecule has 1 fully saturated rings. The number of rotatable bonds is 4. The van der Waals surface area contributed by atoms with Crippen LogP contribution in [0.1, 0.15) is 37.0 Å². The minimum atomic E-state index is 0.0798. The van der Waals surface area contributed by atoms with E-state index >= 15 is 0 Å². The van der Waals surface area contributed by atoms with E-state index in [1.807, 2.05) is 0 Å². The lowest BCUT2D eigenvalue weighted by Crippen LogP contribution is -2.38. The molecule has 2 rings (SSSR count). The molecule has 19 heavy (non-hydrogen) atoms. The summed E-state index contributed by atoms with van der Waals surface area (Å²) in [6.45, 7) is 7.02. The van der Waals surface area contributed by atoms with Crippen LogP contribution in [0.15, 0.2) is 6.07 Å². The van der Waals surface area contributed by atoms with Crippen LogP contribution < -0.4 is 0 Å². The number of carbonyl (C=O) groups excluding carboxylic acids is 1. The number of nitrogens with zero attached hydrogens (tertiary/aromatic N) is 1. The van der Waals surface area contributed by atoms with Crippen molar-refractivity contribution < 1.29 is 4.79 Å². The normalized spacial score (nSPS) is 18.2. The molecule has 0 aromatic carbocycles. The molecular formula is C14H19Cl2NOS. The summed E-state index contributed by atoms with van der Waals surface area (Å²) in [5.74, 6) is 1.62. The minimum absolute atomic E-state index is 0.0798. The largest absolute Gasteiger partial charge is 0.296 e. The van der Waals surface area contributed by atoms with Gasteiger partial charge in [-0.25, -0.2) is 0 Å². The van der Waals surface area contributed by atoms with E-state index < -0.39 is 0 Å². The van der Waals surface area contributed by atoms with Crippen molar-refractivity contribution in [2.75, 3.05) is 19.6 Å². The predicted octanol–water partition coefficient (Wildman–Crippen LogP) is 4.61. The second-order valence-corrected chi connectivity index (χ2v) is 7.80. The van der Waals surface area contributed by atoms with Gasteiger partial charge in [0, 0.05) is 0 Å². The maximum absolute atomic E-state index is 12.2. The average molecular weight is 320 g/mol. The third-order valence-corrected chi connectivity index (χ3v) is 5.39. The van der Waals surface area contributed by atoms with Crippen LogP contribution in [0.25, 0.3) is 0 Å². The van der Waals surface area contributed by atoms with E-state index in [0.29, 0.717) is 20.8 Å². The SMILES string of the molecule is CC(C)C1CCN(CC(=O)c2cc(Cl)sc2Cl)CC1. The van der Waals surface area contributed by atoms with Gasteiger partial charge in [-0.05, 0) is 43.8 Å². The summed E-state index contributed by atoms with van der Waals surface area (Å²) in [5.41, 5.74) is 0.572. The number of carbonyl (C=O) groups is 1. The molecular weight excluding hydrogens is 301 g/mol. The number of piperidine rings is 1. The van der Waals surface area contributed by atoms with Gasteiger partial charge in [0.2, 0.25) is 0 Å². The molecule has 2 heterocycles. The van der Waals surface area contributed by atoms with E-state index in [9.17, 15) is 4.79 Å². The Morgan fingerprint density at radius 3 is 2.53 bits per heavy atom. The van der Waals surface area contributed by atoms with Crippen LogP contribution in [-0.2, 0) is 0 Å². The molecule has 0 saturated carbocycles. The first-order valence-electron chi connectivity index (χ1n) is 6.67. The Bertz CT molecular complexity index is 450. The standard InChI is InChI=1S/C14H19Cl2NOS/c1-9(2)10-3-5-17(6-4-10)8-12(18)11-7-13(15)19-14(11)16/h7,9-10H,3-6,8H2,1-2H3. The summed E-state index contributed by atoms with van der Waals surface area (Å²) >= 11 is 13.1. The number of ketones is 1. The van der Waals surface area contributed by atoms with Crippen LogP contribution in [0.5, 0.6) is 0 Å². The van der Waals surface area contributed by atoms with E-state index in [1.54, 1.807) is 6.07 Å². The maximum Gasteiger partial charge on any atom is 0.179 e. The molecule has 0 amide bonds. The highest BCUT2D eigenvalue weighted by Crippen LogP contribution is 2.32. The summed E-state index contributed by atoms with van der Waals surface area (Å²) in [4.78, 5) is 14.4. The Morgan fingerprint density at radius 2 is 2.05 bits per heavy atom. The molecule has 0 unspecified atom stereocenters. The number of likely N-dealkylation sites (tertiary alicyclic amines) is 1. The molecule has 0 aliphatic carbocycles. The molecule has 0 spiro atoms. The van der Waals surface area contributed by atoms with Crippen LogP contribution in [0.3, 0.4) is 0 Å². The fraction of sp³-hybridized carbons (Fsp3) is 0.643. The van der Waals surface area contributed by atoms with Crippen LogP contribution in [0, 0.1) is 11.8 Å². The highest BCUT2D eigenvalue weighted by atomic mass is 35.5. The van der Waals surface area contributed by atoms with Gasteiger partial charge in [0.15, 0.2) is 5.78 Å². The highest BCUT2D eigenvalue weighted by Gasteiger charge is 2.24. The molecule has 0 N–H and O–H groups in total. The average Bonchev–Trinajstić information content (AvgIpc) is 2.69. The second kappa shape index (κ2) is 6.57. The second-order valence-electron chi connectivity index (χ2n) is 5.52. The molecule has 1 aliphatic heterocycles. The van der Waals surface area contributed by atoms with Crippen molar-refractivity contribution in [2.45, 2.75) is 26.7 Å². The molecule has 1 saturated heterocycles. The quantitative estimate of drug-likeness (QED) is 0.755. The van der Waals surface area contributed by atoms with Gasteiger partial charge < -0.3 is 0 Å². The van der Waals surface area contributed by atoms with E-state index in [4.69, 9.17) is 23.2 Å². The van der Waals surface area contributed by atoms with Crippen molar-refractivity contribution in [3.63, 3.8) is 0 Å². The van der Waals surface area contributed by atoms with Crippen molar-refractivity contribution in [3.8, 4) is 0 Å². The third kappa shape index (κ3) is 3.94. The van der Waals surface area contributed by atoms with Gasteiger partial charge in [0.1, 0.15) is 4.34 Å². The fourth-order valence-electron chi connectivity index (χ4n) is 2.60. The van der Waals surface area contributed by atoms with Crippen molar-refractivity contribution in [1.29, 1.82) is 0 Å². The molecule has 0 atom stereocenters. The smallest absolute Gasteiger partial charge is 0.179 e. The molecule has 1 aliphatic rings. The summed E-state index contributed by atoms with van der Waals surface area (Å²) < 4.78 is 1.08. The van der Waals surface area contributed by atoms with Gasteiger partial charge in [0.25, 0.3) is 0 Å². The van der Waals surface area contributed by atoms with Crippen molar-refractivity contribution >= 4 is 40.3 Å². The predicted molar refractivity (Wildman–Crippen MR) is 82.7 cm³/mol. The molecule has 0 radical (unpaired) electrons. The van der Waals surface area contributed by atoms with Crippen LogP contribution in [0.2, 0.25) is 8.67 Å². The zero-order valence-corrected chi connectivity index (χ0v) is 13.6. The van der Waals surface area contributed by atoms with Crippen LogP contribution >= 0.6 is 34.5 Å². The molecule has 1 aromatic heterocycles. The van der Waals surface area contributed by atoms with Gasteiger partial charge in [-0.2, -0.15) is 0 Å². The summed E-state index contributed by atoms with van der Waals surface area (Å²) in [5, 5.41) is 0. The monoisotopic (exact) mass is 319 g/mol. The highest BCUT2D eigenvalue weighted by molar-refractivity contribution is 7.20.